The van der Waals surface area contributed by atoms with Gasteiger partial charge >= 0.3 is 0 Å². The lowest BCUT2D eigenvalue weighted by Gasteiger charge is -2.27. The quantitative estimate of drug-likeness (QED) is 0.648. The fraction of sp³-hybridized carbons (Fsp3) is 0.625. The molecular formula is C24H37N3O3. The molecule has 30 heavy (non-hydrogen) atoms. The summed E-state index contributed by atoms with van der Waals surface area (Å²) in [5, 5.41) is 0. The molecule has 1 aliphatic heterocycles. The molecule has 1 heterocycles. The number of hydrogen-bond acceptors (Lipinski definition) is 3. The van der Waals surface area contributed by atoms with Crippen LogP contribution in [0.5, 0.6) is 0 Å². The average molecular weight is 416 g/mol. The standard InChI is InChI=1S/C24H37N3O3/c1-7-11-25(21(28)13-19(3)14-24(4,5)6)15-22(29)26-16-23(30)27(17-26)20-10-8-9-18(2)12-20/h8-10,12,19H,7,11,13-17H2,1-6H3/t19-/m1/s1. The molecule has 0 aliphatic carbocycles. The molecule has 2 rings (SSSR count). The highest BCUT2D eigenvalue weighted by Crippen LogP contribution is 2.26. The zero-order chi connectivity index (χ0) is 22.5. The number of hydrogen-bond donors (Lipinski definition) is 0. The number of nitrogens with zero attached hydrogens (tertiary/aromatic N) is 3. The van der Waals surface area contributed by atoms with Crippen molar-refractivity contribution in [2.45, 2.75) is 60.8 Å². The molecule has 3 amide bonds. The minimum Gasteiger partial charge on any atom is -0.333 e. The molecule has 1 atom stereocenters. The number of amides is 3. The van der Waals surface area contributed by atoms with Crippen molar-refractivity contribution in [3.05, 3.63) is 29.8 Å². The highest BCUT2D eigenvalue weighted by molar-refractivity contribution is 6.00. The number of carbonyl (C=O) groups is 3. The van der Waals surface area contributed by atoms with Gasteiger partial charge in [0, 0.05) is 18.7 Å². The largest absolute Gasteiger partial charge is 0.333 e. The van der Waals surface area contributed by atoms with Gasteiger partial charge in [-0.25, -0.2) is 0 Å². The second-order valence-corrected chi connectivity index (χ2v) is 9.78. The molecule has 0 spiro atoms. The number of anilines is 1. The third-order valence-electron chi connectivity index (χ3n) is 5.26. The zero-order valence-electron chi connectivity index (χ0n) is 19.4. The Kier molecular flexibility index (Phi) is 8.04. The monoisotopic (exact) mass is 415 g/mol. The van der Waals surface area contributed by atoms with E-state index in [1.807, 2.05) is 38.1 Å². The van der Waals surface area contributed by atoms with E-state index >= 15 is 0 Å². The number of benzene rings is 1. The molecule has 1 fully saturated rings. The molecule has 6 heteroatoms. The fourth-order valence-electron chi connectivity index (χ4n) is 4.11. The molecule has 0 N–H and O–H groups in total. The Morgan fingerprint density at radius 1 is 1.23 bits per heavy atom. The summed E-state index contributed by atoms with van der Waals surface area (Å²) < 4.78 is 0. The van der Waals surface area contributed by atoms with Crippen molar-refractivity contribution in [1.82, 2.24) is 9.80 Å². The first-order chi connectivity index (χ1) is 14.0. The summed E-state index contributed by atoms with van der Waals surface area (Å²) in [6, 6.07) is 7.70. The van der Waals surface area contributed by atoms with Gasteiger partial charge in [-0.3, -0.25) is 19.3 Å². The first-order valence-corrected chi connectivity index (χ1v) is 10.9. The first kappa shape index (κ1) is 23.9. The summed E-state index contributed by atoms with van der Waals surface area (Å²) in [6.45, 7) is 13.5. The Labute approximate surface area is 181 Å². The molecule has 0 saturated carbocycles. The van der Waals surface area contributed by atoms with E-state index in [0.29, 0.717) is 13.0 Å². The molecule has 0 aromatic heterocycles. The van der Waals surface area contributed by atoms with Crippen LogP contribution in [0.1, 0.15) is 59.4 Å². The third-order valence-corrected chi connectivity index (χ3v) is 5.26. The van der Waals surface area contributed by atoms with Crippen LogP contribution in [0.15, 0.2) is 24.3 Å². The van der Waals surface area contributed by atoms with Crippen LogP contribution >= 0.6 is 0 Å². The Hall–Kier alpha value is -2.37. The van der Waals surface area contributed by atoms with Crippen molar-refractivity contribution in [3.8, 4) is 0 Å². The van der Waals surface area contributed by atoms with E-state index in [2.05, 4.69) is 27.7 Å². The van der Waals surface area contributed by atoms with E-state index in [9.17, 15) is 14.4 Å². The smallest absolute Gasteiger partial charge is 0.248 e. The summed E-state index contributed by atoms with van der Waals surface area (Å²) >= 11 is 0. The Morgan fingerprint density at radius 3 is 2.53 bits per heavy atom. The predicted octanol–water partition coefficient (Wildman–Crippen LogP) is 3.83. The van der Waals surface area contributed by atoms with Gasteiger partial charge in [-0.15, -0.1) is 0 Å². The van der Waals surface area contributed by atoms with Crippen LogP contribution < -0.4 is 4.90 Å². The summed E-state index contributed by atoms with van der Waals surface area (Å²) in [4.78, 5) is 43.0. The molecular weight excluding hydrogens is 378 g/mol. The van der Waals surface area contributed by atoms with Crippen LogP contribution in [0.4, 0.5) is 5.69 Å². The fourth-order valence-corrected chi connectivity index (χ4v) is 4.11. The van der Waals surface area contributed by atoms with Gasteiger partial charge in [-0.1, -0.05) is 46.8 Å². The van der Waals surface area contributed by atoms with E-state index in [1.165, 1.54) is 0 Å². The predicted molar refractivity (Wildman–Crippen MR) is 120 cm³/mol. The van der Waals surface area contributed by atoms with Gasteiger partial charge in [0.1, 0.15) is 13.2 Å². The summed E-state index contributed by atoms with van der Waals surface area (Å²) in [6.07, 6.45) is 2.19. The van der Waals surface area contributed by atoms with E-state index < -0.39 is 0 Å². The van der Waals surface area contributed by atoms with Crippen molar-refractivity contribution in [2.24, 2.45) is 11.3 Å². The van der Waals surface area contributed by atoms with Crippen LogP contribution in [0.3, 0.4) is 0 Å². The van der Waals surface area contributed by atoms with E-state index in [-0.39, 0.29) is 48.8 Å². The lowest BCUT2D eigenvalue weighted by molar-refractivity contribution is -0.140. The van der Waals surface area contributed by atoms with Crippen LogP contribution in [-0.4, -0.2) is 53.8 Å². The normalized spacial score (nSPS) is 15.5. The Bertz CT molecular complexity index is 769. The maximum absolute atomic E-state index is 12.9. The zero-order valence-corrected chi connectivity index (χ0v) is 19.4. The molecule has 0 bridgehead atoms. The van der Waals surface area contributed by atoms with Crippen molar-refractivity contribution in [2.75, 3.05) is 31.2 Å². The van der Waals surface area contributed by atoms with Gasteiger partial charge < -0.3 is 9.80 Å². The lowest BCUT2D eigenvalue weighted by atomic mass is 9.84. The summed E-state index contributed by atoms with van der Waals surface area (Å²) in [5.41, 5.74) is 2.03. The van der Waals surface area contributed by atoms with E-state index in [0.717, 1.165) is 24.1 Å². The van der Waals surface area contributed by atoms with E-state index in [1.54, 1.807) is 14.7 Å². The molecule has 1 aromatic carbocycles. The summed E-state index contributed by atoms with van der Waals surface area (Å²) in [5.74, 6) is 0.00467. The minimum atomic E-state index is -0.177. The van der Waals surface area contributed by atoms with Crippen LogP contribution in [0.25, 0.3) is 0 Å². The molecule has 1 aromatic rings. The molecule has 0 unspecified atom stereocenters. The van der Waals surface area contributed by atoms with Gasteiger partial charge in [-0.2, -0.15) is 0 Å². The van der Waals surface area contributed by atoms with E-state index in [4.69, 9.17) is 0 Å². The van der Waals surface area contributed by atoms with Crippen molar-refractivity contribution in [1.29, 1.82) is 0 Å². The molecule has 6 nitrogen and oxygen atoms in total. The maximum Gasteiger partial charge on any atom is 0.248 e. The maximum atomic E-state index is 12.9. The molecule has 1 saturated heterocycles. The van der Waals surface area contributed by atoms with Gasteiger partial charge in [0.2, 0.25) is 17.7 Å². The highest BCUT2D eigenvalue weighted by Gasteiger charge is 2.33. The van der Waals surface area contributed by atoms with Crippen LogP contribution in [0, 0.1) is 18.3 Å². The van der Waals surface area contributed by atoms with Gasteiger partial charge in [0.15, 0.2) is 0 Å². The molecule has 0 radical (unpaired) electrons. The van der Waals surface area contributed by atoms with Crippen LogP contribution in [-0.2, 0) is 14.4 Å². The number of rotatable bonds is 8. The van der Waals surface area contributed by atoms with Crippen molar-refractivity contribution >= 4 is 23.4 Å². The van der Waals surface area contributed by atoms with Gasteiger partial charge in [0.05, 0.1) is 6.54 Å². The van der Waals surface area contributed by atoms with Gasteiger partial charge in [0.25, 0.3) is 0 Å². The Balaban J connectivity index is 1.99. The topological polar surface area (TPSA) is 60.9 Å². The van der Waals surface area contributed by atoms with Gasteiger partial charge in [-0.05, 0) is 48.8 Å². The highest BCUT2D eigenvalue weighted by atomic mass is 16.2. The molecule has 166 valence electrons. The lowest BCUT2D eigenvalue weighted by Crippen LogP contribution is -2.43. The van der Waals surface area contributed by atoms with Crippen molar-refractivity contribution in [3.63, 3.8) is 0 Å². The average Bonchev–Trinajstić information content (AvgIpc) is 3.01. The number of aryl methyl sites for hydroxylation is 1. The van der Waals surface area contributed by atoms with Crippen molar-refractivity contribution < 1.29 is 14.4 Å². The summed E-state index contributed by atoms with van der Waals surface area (Å²) in [7, 11) is 0. The molecule has 1 aliphatic rings. The minimum absolute atomic E-state index is 0.0167. The second kappa shape index (κ2) is 10.1. The second-order valence-electron chi connectivity index (χ2n) is 9.78. The SMILES string of the molecule is CCCN(CC(=O)N1CC(=O)N(c2cccc(C)c2)C1)C(=O)C[C@@H](C)CC(C)(C)C. The first-order valence-electron chi connectivity index (χ1n) is 10.9. The number of carbonyl (C=O) groups excluding carboxylic acids is 3. The Morgan fingerprint density at radius 2 is 1.93 bits per heavy atom. The third kappa shape index (κ3) is 6.85. The van der Waals surface area contributed by atoms with Crippen LogP contribution in [0.2, 0.25) is 0 Å².